The van der Waals surface area contributed by atoms with Crippen molar-refractivity contribution in [3.8, 4) is 0 Å². The van der Waals surface area contributed by atoms with Crippen LogP contribution in [0.15, 0.2) is 12.2 Å². The van der Waals surface area contributed by atoms with Gasteiger partial charge in [-0.15, -0.1) is 0 Å². The van der Waals surface area contributed by atoms with Gasteiger partial charge in [-0.3, -0.25) is 4.79 Å². The molecule has 0 aromatic rings. The second-order valence-corrected chi connectivity index (χ2v) is 6.87. The van der Waals surface area contributed by atoms with Crippen LogP contribution < -0.4 is 5.32 Å². The first kappa shape index (κ1) is 11.6. The van der Waals surface area contributed by atoms with E-state index in [-0.39, 0.29) is 23.5 Å². The van der Waals surface area contributed by atoms with Gasteiger partial charge >= 0.3 is 0 Å². The van der Waals surface area contributed by atoms with Crippen LogP contribution in [0.25, 0.3) is 0 Å². The lowest BCUT2D eigenvalue weighted by Gasteiger charge is -2.12. The number of sulfone groups is 1. The van der Waals surface area contributed by atoms with Gasteiger partial charge in [0.1, 0.15) is 0 Å². The Balaban J connectivity index is 1.77. The molecule has 1 aliphatic heterocycles. The topological polar surface area (TPSA) is 63.2 Å². The molecule has 2 atom stereocenters. The fourth-order valence-electron chi connectivity index (χ4n) is 2.30. The lowest BCUT2D eigenvalue weighted by atomic mass is 10.0. The third-order valence-electron chi connectivity index (χ3n) is 3.16. The Labute approximate surface area is 96.0 Å². The van der Waals surface area contributed by atoms with Crippen LogP contribution in [0.1, 0.15) is 25.7 Å². The summed E-state index contributed by atoms with van der Waals surface area (Å²) >= 11 is 0. The molecule has 2 aliphatic rings. The lowest BCUT2D eigenvalue weighted by molar-refractivity contribution is -0.122. The van der Waals surface area contributed by atoms with Crippen LogP contribution in [0.5, 0.6) is 0 Å². The average molecular weight is 243 g/mol. The molecule has 0 bridgehead atoms. The van der Waals surface area contributed by atoms with Gasteiger partial charge in [0.2, 0.25) is 5.91 Å². The predicted octanol–water partition coefficient (Wildman–Crippen LogP) is 0.646. The van der Waals surface area contributed by atoms with Gasteiger partial charge in [-0.25, -0.2) is 8.42 Å². The average Bonchev–Trinajstić information content (AvgIpc) is 2.76. The Hall–Kier alpha value is -0.840. The number of allylic oxidation sites excluding steroid dienone is 2. The molecule has 1 heterocycles. The molecule has 1 aliphatic carbocycles. The Bertz CT molecular complexity index is 399. The lowest BCUT2D eigenvalue weighted by Crippen LogP contribution is -2.36. The van der Waals surface area contributed by atoms with Crippen molar-refractivity contribution < 1.29 is 13.2 Å². The molecule has 0 saturated carbocycles. The van der Waals surface area contributed by atoms with Crippen LogP contribution in [0.2, 0.25) is 0 Å². The van der Waals surface area contributed by atoms with Crippen molar-refractivity contribution in [3.05, 3.63) is 12.2 Å². The first-order chi connectivity index (χ1) is 7.55. The largest absolute Gasteiger partial charge is 0.352 e. The normalized spacial score (nSPS) is 31.8. The summed E-state index contributed by atoms with van der Waals surface area (Å²) in [5.74, 6) is 0.650. The molecule has 0 aromatic heterocycles. The summed E-state index contributed by atoms with van der Waals surface area (Å²) in [5, 5.41) is 2.81. The summed E-state index contributed by atoms with van der Waals surface area (Å²) in [7, 11) is -2.90. The monoisotopic (exact) mass is 243 g/mol. The Kier molecular flexibility index (Phi) is 3.33. The second-order valence-electron chi connectivity index (χ2n) is 4.64. The van der Waals surface area contributed by atoms with E-state index in [9.17, 15) is 13.2 Å². The van der Waals surface area contributed by atoms with E-state index < -0.39 is 9.84 Å². The molecule has 5 heteroatoms. The van der Waals surface area contributed by atoms with E-state index in [2.05, 4.69) is 17.5 Å². The minimum absolute atomic E-state index is 0.0151. The van der Waals surface area contributed by atoms with Crippen LogP contribution in [0, 0.1) is 5.92 Å². The molecular weight excluding hydrogens is 226 g/mol. The molecule has 0 aromatic carbocycles. The van der Waals surface area contributed by atoms with Gasteiger partial charge in [-0.2, -0.15) is 0 Å². The van der Waals surface area contributed by atoms with Gasteiger partial charge in [-0.1, -0.05) is 12.2 Å². The molecule has 4 nitrogen and oxygen atoms in total. The fraction of sp³-hybridized carbons (Fsp3) is 0.727. The zero-order valence-electron chi connectivity index (χ0n) is 9.19. The van der Waals surface area contributed by atoms with Crippen LogP contribution >= 0.6 is 0 Å². The van der Waals surface area contributed by atoms with E-state index in [1.165, 1.54) is 0 Å². The Morgan fingerprint density at radius 2 is 2.19 bits per heavy atom. The third-order valence-corrected chi connectivity index (χ3v) is 4.93. The number of hydrogen-bond donors (Lipinski definition) is 1. The molecule has 1 amide bonds. The Morgan fingerprint density at radius 3 is 2.75 bits per heavy atom. The molecule has 90 valence electrons. The molecule has 1 saturated heterocycles. The van der Waals surface area contributed by atoms with E-state index >= 15 is 0 Å². The number of hydrogen-bond acceptors (Lipinski definition) is 3. The minimum Gasteiger partial charge on any atom is -0.352 e. The first-order valence-corrected chi connectivity index (χ1v) is 7.54. The standard InChI is InChI=1S/C11H17NO3S/c13-11(7-9-3-1-2-4-9)12-10-5-6-16(14,15)8-10/h1,3,9-10H,2,4-8H2,(H,12,13)/t9-,10-/m0/s1. The van der Waals surface area contributed by atoms with Crippen molar-refractivity contribution in [2.75, 3.05) is 11.5 Å². The van der Waals surface area contributed by atoms with Gasteiger partial charge in [-0.05, 0) is 25.2 Å². The summed E-state index contributed by atoms with van der Waals surface area (Å²) in [6.07, 6.45) is 7.32. The van der Waals surface area contributed by atoms with Crippen molar-refractivity contribution in [1.82, 2.24) is 5.32 Å². The highest BCUT2D eigenvalue weighted by atomic mass is 32.2. The van der Waals surface area contributed by atoms with Crippen molar-refractivity contribution >= 4 is 15.7 Å². The number of carbonyl (C=O) groups excluding carboxylic acids is 1. The maximum Gasteiger partial charge on any atom is 0.220 e. The highest BCUT2D eigenvalue weighted by Gasteiger charge is 2.29. The smallest absolute Gasteiger partial charge is 0.220 e. The van der Waals surface area contributed by atoms with E-state index in [0.717, 1.165) is 12.8 Å². The van der Waals surface area contributed by atoms with Crippen molar-refractivity contribution in [1.29, 1.82) is 0 Å². The number of amides is 1. The maximum atomic E-state index is 11.6. The maximum absolute atomic E-state index is 11.6. The first-order valence-electron chi connectivity index (χ1n) is 5.71. The molecule has 2 rings (SSSR count). The minimum atomic E-state index is -2.90. The summed E-state index contributed by atoms with van der Waals surface area (Å²) in [6, 6.07) is -0.164. The van der Waals surface area contributed by atoms with Gasteiger partial charge in [0.25, 0.3) is 0 Å². The molecule has 0 radical (unpaired) electrons. The van der Waals surface area contributed by atoms with E-state index in [1.54, 1.807) is 0 Å². The van der Waals surface area contributed by atoms with Gasteiger partial charge in [0.05, 0.1) is 11.5 Å². The number of nitrogens with one attached hydrogen (secondary N) is 1. The van der Waals surface area contributed by atoms with Gasteiger partial charge in [0, 0.05) is 12.5 Å². The van der Waals surface area contributed by atoms with Crippen LogP contribution in [0.4, 0.5) is 0 Å². The highest BCUT2D eigenvalue weighted by Crippen LogP contribution is 2.20. The summed E-state index contributed by atoms with van der Waals surface area (Å²) < 4.78 is 22.4. The summed E-state index contributed by atoms with van der Waals surface area (Å²) in [5.41, 5.74) is 0. The van der Waals surface area contributed by atoms with E-state index in [0.29, 0.717) is 18.8 Å². The molecular formula is C11H17NO3S. The van der Waals surface area contributed by atoms with Crippen molar-refractivity contribution in [2.45, 2.75) is 31.7 Å². The van der Waals surface area contributed by atoms with Crippen LogP contribution in [-0.2, 0) is 14.6 Å². The van der Waals surface area contributed by atoms with Crippen molar-refractivity contribution in [2.24, 2.45) is 5.92 Å². The quantitative estimate of drug-likeness (QED) is 0.740. The summed E-state index contributed by atoms with van der Waals surface area (Å²) in [6.45, 7) is 0. The molecule has 0 unspecified atom stereocenters. The second kappa shape index (κ2) is 4.57. The molecule has 1 fully saturated rings. The van der Waals surface area contributed by atoms with Crippen molar-refractivity contribution in [3.63, 3.8) is 0 Å². The number of carbonyl (C=O) groups is 1. The van der Waals surface area contributed by atoms with E-state index in [4.69, 9.17) is 0 Å². The number of rotatable bonds is 3. The van der Waals surface area contributed by atoms with Crippen LogP contribution in [-0.4, -0.2) is 31.9 Å². The van der Waals surface area contributed by atoms with Gasteiger partial charge < -0.3 is 5.32 Å². The zero-order valence-corrected chi connectivity index (χ0v) is 10.0. The Morgan fingerprint density at radius 1 is 1.38 bits per heavy atom. The molecule has 16 heavy (non-hydrogen) atoms. The summed E-state index contributed by atoms with van der Waals surface area (Å²) in [4.78, 5) is 11.6. The third kappa shape index (κ3) is 3.07. The van der Waals surface area contributed by atoms with Gasteiger partial charge in [0.15, 0.2) is 9.84 Å². The molecule has 0 spiro atoms. The molecule has 1 N–H and O–H groups in total. The predicted molar refractivity (Wildman–Crippen MR) is 61.7 cm³/mol. The zero-order chi connectivity index (χ0) is 11.6. The SMILES string of the molecule is O=C(C[C@H]1C=CCC1)N[C@H]1CCS(=O)(=O)C1. The van der Waals surface area contributed by atoms with Crippen LogP contribution in [0.3, 0.4) is 0 Å². The fourth-order valence-corrected chi connectivity index (χ4v) is 3.97. The highest BCUT2D eigenvalue weighted by molar-refractivity contribution is 7.91. The van der Waals surface area contributed by atoms with E-state index in [1.807, 2.05) is 0 Å².